The summed E-state index contributed by atoms with van der Waals surface area (Å²) in [5, 5.41) is 7.71. The van der Waals surface area contributed by atoms with Crippen LogP contribution >= 0.6 is 28.1 Å². The van der Waals surface area contributed by atoms with Gasteiger partial charge in [0.05, 0.1) is 6.21 Å². The van der Waals surface area contributed by atoms with Gasteiger partial charge in [0.2, 0.25) is 0 Å². The van der Waals surface area contributed by atoms with E-state index in [1.54, 1.807) is 6.21 Å². The average molecular weight is 527 g/mol. The molecule has 172 valence electrons. The summed E-state index contributed by atoms with van der Waals surface area (Å²) < 4.78 is 12.7. The van der Waals surface area contributed by atoms with E-state index in [1.807, 2.05) is 60.7 Å². The Morgan fingerprint density at radius 3 is 2.36 bits per heavy atom. The van der Waals surface area contributed by atoms with Gasteiger partial charge in [0.15, 0.2) is 5.11 Å². The first-order chi connectivity index (χ1) is 15.8. The van der Waals surface area contributed by atoms with Gasteiger partial charge in [-0.3, -0.25) is 5.43 Å². The number of nitrogens with zero attached hydrogens (tertiary/aromatic N) is 1. The Morgan fingerprint density at radius 1 is 0.970 bits per heavy atom. The first-order valence-electron chi connectivity index (χ1n) is 10.6. The van der Waals surface area contributed by atoms with Crippen molar-refractivity contribution in [2.45, 2.75) is 26.2 Å². The molecule has 0 aliphatic heterocycles. The van der Waals surface area contributed by atoms with E-state index in [4.69, 9.17) is 21.7 Å². The van der Waals surface area contributed by atoms with Gasteiger partial charge in [-0.25, -0.2) is 0 Å². The topological polar surface area (TPSA) is 54.9 Å². The van der Waals surface area contributed by atoms with Crippen LogP contribution in [0.1, 0.15) is 31.9 Å². The zero-order chi connectivity index (χ0) is 23.7. The number of thiocarbonyl (C=S) groups is 1. The average Bonchev–Trinajstić information content (AvgIpc) is 2.78. The maximum atomic E-state index is 5.93. The molecule has 5 nitrogen and oxygen atoms in total. The Kier molecular flexibility index (Phi) is 8.86. The highest BCUT2D eigenvalue weighted by Gasteiger charge is 2.13. The van der Waals surface area contributed by atoms with Gasteiger partial charge < -0.3 is 14.8 Å². The van der Waals surface area contributed by atoms with Gasteiger partial charge in [0.1, 0.15) is 24.7 Å². The predicted octanol–water partition coefficient (Wildman–Crippen LogP) is 6.52. The molecule has 3 aromatic carbocycles. The molecule has 3 rings (SSSR count). The predicted molar refractivity (Wildman–Crippen MR) is 144 cm³/mol. The third kappa shape index (κ3) is 8.18. The van der Waals surface area contributed by atoms with Crippen molar-refractivity contribution >= 4 is 45.2 Å². The fourth-order valence-electron chi connectivity index (χ4n) is 2.95. The number of hydrogen-bond donors (Lipinski definition) is 2. The van der Waals surface area contributed by atoms with E-state index in [2.05, 4.69) is 64.7 Å². The summed E-state index contributed by atoms with van der Waals surface area (Å²) >= 11 is 8.77. The Bertz CT molecular complexity index is 1080. The second-order valence-electron chi connectivity index (χ2n) is 8.34. The van der Waals surface area contributed by atoms with Crippen molar-refractivity contribution in [2.24, 2.45) is 5.10 Å². The van der Waals surface area contributed by atoms with Crippen molar-refractivity contribution in [3.63, 3.8) is 0 Å². The van der Waals surface area contributed by atoms with Crippen LogP contribution in [0.25, 0.3) is 0 Å². The highest BCUT2D eigenvalue weighted by atomic mass is 79.9. The summed E-state index contributed by atoms with van der Waals surface area (Å²) in [5.74, 6) is 1.53. The summed E-state index contributed by atoms with van der Waals surface area (Å²) in [6.07, 6.45) is 1.67. The summed E-state index contributed by atoms with van der Waals surface area (Å²) in [5.41, 5.74) is 5.93. The third-order valence-electron chi connectivity index (χ3n) is 4.70. The number of anilines is 1. The zero-order valence-corrected chi connectivity index (χ0v) is 21.4. The van der Waals surface area contributed by atoms with E-state index in [-0.39, 0.29) is 5.41 Å². The molecule has 7 heteroatoms. The molecule has 3 aromatic rings. The molecule has 0 amide bonds. The van der Waals surface area contributed by atoms with E-state index in [0.29, 0.717) is 24.1 Å². The molecule has 0 aromatic heterocycles. The molecule has 33 heavy (non-hydrogen) atoms. The van der Waals surface area contributed by atoms with Crippen LogP contribution in [0.4, 0.5) is 5.69 Å². The summed E-state index contributed by atoms with van der Waals surface area (Å²) in [7, 11) is 0. The van der Waals surface area contributed by atoms with E-state index in [1.165, 1.54) is 5.56 Å². The van der Waals surface area contributed by atoms with Gasteiger partial charge in [-0.2, -0.15) is 5.10 Å². The minimum atomic E-state index is 0.122. The lowest BCUT2D eigenvalue weighted by molar-refractivity contribution is 0.217. The van der Waals surface area contributed by atoms with Crippen LogP contribution in [-0.4, -0.2) is 24.5 Å². The molecule has 0 fully saturated rings. The Balaban J connectivity index is 1.51. The van der Waals surface area contributed by atoms with Crippen molar-refractivity contribution in [2.75, 3.05) is 18.5 Å². The fourth-order valence-corrected chi connectivity index (χ4v) is 3.50. The largest absolute Gasteiger partial charge is 0.490 e. The van der Waals surface area contributed by atoms with Gasteiger partial charge in [-0.05, 0) is 65.7 Å². The van der Waals surface area contributed by atoms with Gasteiger partial charge >= 0.3 is 0 Å². The van der Waals surface area contributed by atoms with Crippen LogP contribution in [0.15, 0.2) is 82.4 Å². The number of halogens is 1. The Hall–Kier alpha value is -2.90. The first-order valence-corrected chi connectivity index (χ1v) is 11.8. The number of rotatable bonds is 8. The number of ether oxygens (including phenoxy) is 2. The lowest BCUT2D eigenvalue weighted by Crippen LogP contribution is -2.23. The van der Waals surface area contributed by atoms with Gasteiger partial charge in [-0.1, -0.05) is 67.0 Å². The van der Waals surface area contributed by atoms with Gasteiger partial charge in [0, 0.05) is 15.7 Å². The van der Waals surface area contributed by atoms with Gasteiger partial charge in [0.25, 0.3) is 0 Å². The second kappa shape index (κ2) is 11.8. The first kappa shape index (κ1) is 24.7. The second-order valence-corrected chi connectivity index (χ2v) is 9.67. The summed E-state index contributed by atoms with van der Waals surface area (Å²) in [4.78, 5) is 0. The smallest absolute Gasteiger partial charge is 0.191 e. The molecular formula is C26H28BrN3O2S. The van der Waals surface area contributed by atoms with Crippen LogP contribution in [0.3, 0.4) is 0 Å². The molecule has 0 aliphatic rings. The normalized spacial score (nSPS) is 11.3. The summed E-state index contributed by atoms with van der Waals surface area (Å²) in [6.45, 7) is 7.42. The molecular weight excluding hydrogens is 498 g/mol. The molecule has 0 unspecified atom stereocenters. The molecule has 0 bridgehead atoms. The van der Waals surface area contributed by atoms with E-state index in [0.717, 1.165) is 21.5 Å². The molecule has 0 saturated carbocycles. The SMILES string of the molecule is CC(C)(C)c1ccc(OCCOc2ccc(Br)cc2/C=N\NC(=S)Nc2ccccc2)cc1. The highest BCUT2D eigenvalue weighted by Crippen LogP contribution is 2.25. The number of hydrogen-bond acceptors (Lipinski definition) is 4. The molecule has 2 N–H and O–H groups in total. The van der Waals surface area contributed by atoms with E-state index >= 15 is 0 Å². The van der Waals surface area contributed by atoms with Crippen LogP contribution < -0.4 is 20.2 Å². The standard InChI is InChI=1S/C26H28BrN3O2S/c1-26(2,3)20-9-12-23(13-10-20)31-15-16-32-24-14-11-21(27)17-19(24)18-28-30-25(33)29-22-7-5-4-6-8-22/h4-14,17-18H,15-16H2,1-3H3,(H2,29,30,33)/b28-18-. The fraction of sp³-hybridized carbons (Fsp3) is 0.231. The molecule has 0 aliphatic carbocycles. The number of nitrogens with one attached hydrogen (secondary N) is 2. The third-order valence-corrected chi connectivity index (χ3v) is 5.39. The Labute approximate surface area is 209 Å². The van der Waals surface area contributed by atoms with Crippen LogP contribution in [-0.2, 0) is 5.41 Å². The van der Waals surface area contributed by atoms with Crippen molar-refractivity contribution < 1.29 is 9.47 Å². The van der Waals surface area contributed by atoms with E-state index in [9.17, 15) is 0 Å². The Morgan fingerprint density at radius 2 is 1.67 bits per heavy atom. The number of benzene rings is 3. The molecule has 0 spiro atoms. The van der Waals surface area contributed by atoms with Crippen molar-refractivity contribution in [3.8, 4) is 11.5 Å². The molecule has 0 radical (unpaired) electrons. The number of para-hydroxylation sites is 1. The van der Waals surface area contributed by atoms with Crippen LogP contribution in [0, 0.1) is 0 Å². The summed E-state index contributed by atoms with van der Waals surface area (Å²) in [6, 6.07) is 23.6. The lowest BCUT2D eigenvalue weighted by Gasteiger charge is -2.19. The number of hydrazone groups is 1. The monoisotopic (exact) mass is 525 g/mol. The van der Waals surface area contributed by atoms with Crippen LogP contribution in [0.5, 0.6) is 11.5 Å². The van der Waals surface area contributed by atoms with Crippen molar-refractivity contribution in [3.05, 3.63) is 88.4 Å². The van der Waals surface area contributed by atoms with Gasteiger partial charge in [-0.15, -0.1) is 0 Å². The van der Waals surface area contributed by atoms with Crippen LogP contribution in [0.2, 0.25) is 0 Å². The van der Waals surface area contributed by atoms with Crippen molar-refractivity contribution in [1.82, 2.24) is 5.43 Å². The highest BCUT2D eigenvalue weighted by molar-refractivity contribution is 9.10. The minimum absolute atomic E-state index is 0.122. The maximum absolute atomic E-state index is 5.93. The molecule has 0 heterocycles. The quantitative estimate of drug-likeness (QED) is 0.151. The molecule has 0 atom stereocenters. The maximum Gasteiger partial charge on any atom is 0.191 e. The van der Waals surface area contributed by atoms with E-state index < -0.39 is 0 Å². The zero-order valence-electron chi connectivity index (χ0n) is 19.0. The lowest BCUT2D eigenvalue weighted by atomic mass is 9.87. The minimum Gasteiger partial charge on any atom is -0.490 e. The molecule has 0 saturated heterocycles. The van der Waals surface area contributed by atoms with Crippen molar-refractivity contribution in [1.29, 1.82) is 0 Å².